The maximum atomic E-state index is 12.5. The predicted molar refractivity (Wildman–Crippen MR) is 115 cm³/mol. The molecule has 0 unspecified atom stereocenters. The summed E-state index contributed by atoms with van der Waals surface area (Å²) in [7, 11) is 0. The number of esters is 1. The molecule has 31 heavy (non-hydrogen) atoms. The van der Waals surface area contributed by atoms with Crippen LogP contribution in [0.25, 0.3) is 11.3 Å². The molecule has 3 rings (SSSR count). The summed E-state index contributed by atoms with van der Waals surface area (Å²) < 4.78 is 10.8. The van der Waals surface area contributed by atoms with Gasteiger partial charge in [-0.25, -0.2) is 4.98 Å². The van der Waals surface area contributed by atoms with Gasteiger partial charge in [0, 0.05) is 24.2 Å². The number of carbonyl (C=O) groups excluding carboxylic acids is 2. The molecule has 0 N–H and O–H groups in total. The number of nitriles is 1. The second-order valence-corrected chi connectivity index (χ2v) is 6.93. The number of hydrogen-bond acceptors (Lipinski definition) is 6. The summed E-state index contributed by atoms with van der Waals surface area (Å²) in [6.45, 7) is 1.85. The van der Waals surface area contributed by atoms with Crippen LogP contribution in [0.1, 0.15) is 24.3 Å². The van der Waals surface area contributed by atoms with Crippen LogP contribution in [0.3, 0.4) is 0 Å². The molecule has 0 spiro atoms. The van der Waals surface area contributed by atoms with Crippen LogP contribution in [0.15, 0.2) is 65.2 Å². The Hall–Kier alpha value is -3.92. The molecular formula is C24H23N3O4. The number of nitrogens with zero attached hydrogens (tertiary/aromatic N) is 3. The van der Waals surface area contributed by atoms with Crippen molar-refractivity contribution in [1.29, 1.82) is 5.26 Å². The lowest BCUT2D eigenvalue weighted by molar-refractivity contribution is -0.147. The Morgan fingerprint density at radius 2 is 1.87 bits per heavy atom. The van der Waals surface area contributed by atoms with Gasteiger partial charge in [-0.15, -0.1) is 0 Å². The van der Waals surface area contributed by atoms with Crippen molar-refractivity contribution in [2.24, 2.45) is 0 Å². The highest BCUT2D eigenvalue weighted by Crippen LogP contribution is 2.21. The number of anilines is 1. The van der Waals surface area contributed by atoms with Crippen LogP contribution < -0.4 is 4.90 Å². The van der Waals surface area contributed by atoms with E-state index in [1.165, 1.54) is 4.90 Å². The Bertz CT molecular complexity index is 1050. The van der Waals surface area contributed by atoms with E-state index in [2.05, 4.69) is 4.98 Å². The average Bonchev–Trinajstić information content (AvgIpc) is 3.27. The zero-order valence-electron chi connectivity index (χ0n) is 17.3. The van der Waals surface area contributed by atoms with E-state index in [-0.39, 0.29) is 38.3 Å². The zero-order valence-corrected chi connectivity index (χ0v) is 17.3. The first-order valence-electron chi connectivity index (χ1n) is 9.96. The number of ether oxygens (including phenoxy) is 1. The minimum atomic E-state index is -0.517. The van der Waals surface area contributed by atoms with Crippen molar-refractivity contribution in [1.82, 2.24) is 4.98 Å². The second kappa shape index (κ2) is 10.7. The fourth-order valence-corrected chi connectivity index (χ4v) is 2.95. The van der Waals surface area contributed by atoms with Gasteiger partial charge in [-0.05, 0) is 19.1 Å². The molecule has 0 saturated carbocycles. The monoisotopic (exact) mass is 417 g/mol. The van der Waals surface area contributed by atoms with Gasteiger partial charge < -0.3 is 14.1 Å². The Kier molecular flexibility index (Phi) is 7.55. The van der Waals surface area contributed by atoms with E-state index < -0.39 is 5.97 Å². The van der Waals surface area contributed by atoms with Crippen molar-refractivity contribution in [3.05, 3.63) is 72.2 Å². The molecule has 0 bridgehead atoms. The third-order valence-electron chi connectivity index (χ3n) is 4.61. The molecule has 7 nitrogen and oxygen atoms in total. The smallest absolute Gasteiger partial charge is 0.306 e. The summed E-state index contributed by atoms with van der Waals surface area (Å²) in [6.07, 6.45) is 2.13. The van der Waals surface area contributed by atoms with Crippen molar-refractivity contribution in [2.45, 2.75) is 26.2 Å². The van der Waals surface area contributed by atoms with Crippen LogP contribution >= 0.6 is 0 Å². The van der Waals surface area contributed by atoms with Crippen molar-refractivity contribution in [3.63, 3.8) is 0 Å². The fraction of sp³-hybridized carbons (Fsp3) is 0.250. The van der Waals surface area contributed by atoms with Gasteiger partial charge in [0.25, 0.3) is 5.91 Å². The molecule has 1 amide bonds. The maximum absolute atomic E-state index is 12.5. The molecule has 0 saturated heterocycles. The van der Waals surface area contributed by atoms with E-state index >= 15 is 0 Å². The highest BCUT2D eigenvalue weighted by atomic mass is 16.5. The lowest BCUT2D eigenvalue weighted by Gasteiger charge is -2.21. The zero-order chi connectivity index (χ0) is 22.1. The fourth-order valence-electron chi connectivity index (χ4n) is 2.95. The van der Waals surface area contributed by atoms with Gasteiger partial charge in [0.1, 0.15) is 0 Å². The molecule has 0 radical (unpaired) electrons. The molecule has 0 aliphatic heterocycles. The Balaban J connectivity index is 1.50. The lowest BCUT2D eigenvalue weighted by atomic mass is 10.1. The Labute approximate surface area is 180 Å². The van der Waals surface area contributed by atoms with Gasteiger partial charge in [0.15, 0.2) is 18.3 Å². The number of rotatable bonds is 9. The van der Waals surface area contributed by atoms with Gasteiger partial charge in [0.2, 0.25) is 0 Å². The standard InChI is InChI=1S/C24H23N3O4/c1-18-8-10-19(11-9-18)21-16-26-22(31-21)12-13-24(29)30-17-23(28)27(15-5-14-25)20-6-3-2-4-7-20/h2-4,6-11,16H,5,12-13,15,17H2,1H3. The third-order valence-corrected chi connectivity index (χ3v) is 4.61. The number of benzene rings is 2. The Morgan fingerprint density at radius 3 is 2.58 bits per heavy atom. The lowest BCUT2D eigenvalue weighted by Crippen LogP contribution is -2.35. The van der Waals surface area contributed by atoms with Gasteiger partial charge in [0.05, 0.1) is 25.1 Å². The second-order valence-electron chi connectivity index (χ2n) is 6.93. The van der Waals surface area contributed by atoms with E-state index in [1.54, 1.807) is 30.5 Å². The van der Waals surface area contributed by atoms with Crippen LogP contribution in [0.5, 0.6) is 0 Å². The topological polar surface area (TPSA) is 96.4 Å². The van der Waals surface area contributed by atoms with Crippen molar-refractivity contribution in [3.8, 4) is 17.4 Å². The molecule has 1 aromatic heterocycles. The van der Waals surface area contributed by atoms with E-state index in [1.807, 2.05) is 43.3 Å². The average molecular weight is 417 g/mol. The highest BCUT2D eigenvalue weighted by Gasteiger charge is 2.18. The first-order valence-corrected chi connectivity index (χ1v) is 9.96. The summed E-state index contributed by atoms with van der Waals surface area (Å²) >= 11 is 0. The van der Waals surface area contributed by atoms with E-state index in [4.69, 9.17) is 14.4 Å². The van der Waals surface area contributed by atoms with Gasteiger partial charge >= 0.3 is 5.97 Å². The first-order chi connectivity index (χ1) is 15.1. The number of carbonyl (C=O) groups is 2. The van der Waals surface area contributed by atoms with Gasteiger partial charge in [-0.2, -0.15) is 5.26 Å². The van der Waals surface area contributed by atoms with Crippen LogP contribution in [0.2, 0.25) is 0 Å². The van der Waals surface area contributed by atoms with Crippen LogP contribution in [0, 0.1) is 18.3 Å². The summed E-state index contributed by atoms with van der Waals surface area (Å²) in [5.41, 5.74) is 2.72. The molecule has 158 valence electrons. The molecule has 0 atom stereocenters. The normalized spacial score (nSPS) is 10.3. The van der Waals surface area contributed by atoms with E-state index in [0.717, 1.165) is 11.1 Å². The Morgan fingerprint density at radius 1 is 1.13 bits per heavy atom. The minimum Gasteiger partial charge on any atom is -0.456 e. The molecule has 7 heteroatoms. The number of aryl methyl sites for hydroxylation is 2. The van der Waals surface area contributed by atoms with Crippen LogP contribution in [0.4, 0.5) is 5.69 Å². The van der Waals surface area contributed by atoms with Gasteiger partial charge in [-0.3, -0.25) is 9.59 Å². The summed E-state index contributed by atoms with van der Waals surface area (Å²) in [4.78, 5) is 30.3. The number of hydrogen-bond donors (Lipinski definition) is 0. The minimum absolute atomic E-state index is 0.0463. The largest absolute Gasteiger partial charge is 0.456 e. The number of aromatic nitrogens is 1. The molecule has 3 aromatic rings. The summed E-state index contributed by atoms with van der Waals surface area (Å²) in [5, 5.41) is 8.84. The SMILES string of the molecule is Cc1ccc(-c2cnc(CCC(=O)OCC(=O)N(CCC#N)c3ccccc3)o2)cc1. The number of para-hydroxylation sites is 1. The summed E-state index contributed by atoms with van der Waals surface area (Å²) in [5.74, 6) is 0.164. The molecule has 2 aromatic carbocycles. The maximum Gasteiger partial charge on any atom is 0.306 e. The van der Waals surface area contributed by atoms with Crippen molar-refractivity contribution < 1.29 is 18.7 Å². The molecule has 0 aliphatic carbocycles. The van der Waals surface area contributed by atoms with Crippen molar-refractivity contribution >= 4 is 17.6 Å². The number of amides is 1. The van der Waals surface area contributed by atoms with Crippen molar-refractivity contribution in [2.75, 3.05) is 18.1 Å². The van der Waals surface area contributed by atoms with E-state index in [9.17, 15) is 9.59 Å². The predicted octanol–water partition coefficient (Wildman–Crippen LogP) is 4.07. The quantitative estimate of drug-likeness (QED) is 0.487. The molecular weight excluding hydrogens is 394 g/mol. The molecule has 1 heterocycles. The van der Waals surface area contributed by atoms with Gasteiger partial charge in [-0.1, -0.05) is 48.0 Å². The summed E-state index contributed by atoms with van der Waals surface area (Å²) in [6, 6.07) is 18.9. The van der Waals surface area contributed by atoms with Crippen LogP contribution in [-0.4, -0.2) is 30.0 Å². The highest BCUT2D eigenvalue weighted by molar-refractivity contribution is 5.95. The van der Waals surface area contributed by atoms with Crippen LogP contribution in [-0.2, 0) is 20.7 Å². The third kappa shape index (κ3) is 6.28. The molecule has 0 fully saturated rings. The number of oxazole rings is 1. The first kappa shape index (κ1) is 21.8. The van der Waals surface area contributed by atoms with E-state index in [0.29, 0.717) is 17.3 Å². The molecule has 0 aliphatic rings.